The average molecular weight is 579 g/mol. The van der Waals surface area contributed by atoms with Crippen LogP contribution in [0.3, 0.4) is 0 Å². The summed E-state index contributed by atoms with van der Waals surface area (Å²) in [5.41, 5.74) is 0. The Morgan fingerprint density at radius 1 is 0.694 bits per heavy atom. The molecule has 0 saturated heterocycles. The monoisotopic (exact) mass is 578 g/mol. The van der Waals surface area contributed by atoms with Crippen molar-refractivity contribution >= 4 is 22.3 Å². The number of benzene rings is 1. The molecule has 14 heteroatoms. The van der Waals surface area contributed by atoms with E-state index in [2.05, 4.69) is 0 Å². The van der Waals surface area contributed by atoms with Crippen molar-refractivity contribution in [2.75, 3.05) is 18.5 Å². The molecule has 212 valence electrons. The molecule has 0 heterocycles. The molecular weight excluding hydrogens is 546 g/mol. The Morgan fingerprint density at radius 2 is 1.08 bits per heavy atom. The molecule has 0 bridgehead atoms. The van der Waals surface area contributed by atoms with Gasteiger partial charge in [0.15, 0.2) is 0 Å². The number of hydrogen-bond donors (Lipinski definition) is 0. The van der Waals surface area contributed by atoms with Crippen LogP contribution in [0.5, 0.6) is 0 Å². The molecule has 1 rings (SSSR count). The van der Waals surface area contributed by atoms with E-state index in [-0.39, 0.29) is 43.1 Å². The van der Waals surface area contributed by atoms with E-state index >= 15 is 0 Å². The Hall–Kier alpha value is -1.07. The maximum absolute atomic E-state index is 14.8. The van der Waals surface area contributed by atoms with Crippen LogP contribution < -0.4 is 5.30 Å². The summed E-state index contributed by atoms with van der Waals surface area (Å²) >= 11 is 0. The predicted octanol–water partition coefficient (Wildman–Crippen LogP) is 7.95. The predicted molar refractivity (Wildman–Crippen MR) is 123 cm³/mol. The van der Waals surface area contributed by atoms with E-state index in [1.807, 2.05) is 0 Å². The molecule has 0 saturated carbocycles. The first-order valence-corrected chi connectivity index (χ1v) is 15.7. The molecule has 0 N–H and O–H groups in total. The van der Waals surface area contributed by atoms with Crippen molar-refractivity contribution in [1.82, 2.24) is 0 Å². The molecule has 0 aliphatic heterocycles. The van der Waals surface area contributed by atoms with E-state index in [0.29, 0.717) is 19.3 Å². The molecule has 0 aliphatic carbocycles. The summed E-state index contributed by atoms with van der Waals surface area (Å²) in [7, 11) is -7.02. The van der Waals surface area contributed by atoms with Crippen molar-refractivity contribution in [3.05, 3.63) is 30.3 Å². The molecule has 0 radical (unpaired) electrons. The fraction of sp³-hybridized carbons (Fsp3) is 0.727. The van der Waals surface area contributed by atoms with Crippen LogP contribution in [-0.4, -0.2) is 50.2 Å². The van der Waals surface area contributed by atoms with Crippen molar-refractivity contribution in [3.8, 4) is 0 Å². The van der Waals surface area contributed by atoms with Crippen LogP contribution in [0.4, 0.5) is 39.5 Å². The Kier molecular flexibility index (Phi) is 10.4. The molecule has 0 aromatic heterocycles. The summed E-state index contributed by atoms with van der Waals surface area (Å²) in [4.78, 5) is 0. The number of halogens is 9. The quantitative estimate of drug-likeness (QED) is 0.157. The second-order valence-corrected chi connectivity index (χ2v) is 16.0. The third-order valence-electron chi connectivity index (χ3n) is 6.23. The van der Waals surface area contributed by atoms with Gasteiger partial charge in [-0.1, -0.05) is 0 Å². The van der Waals surface area contributed by atoms with Gasteiger partial charge in [0.2, 0.25) is 0 Å². The summed E-state index contributed by atoms with van der Waals surface area (Å²) in [5.74, 6) is -14.7. The minimum atomic E-state index is -7.35. The van der Waals surface area contributed by atoms with Crippen molar-refractivity contribution in [2.45, 2.75) is 82.6 Å². The summed E-state index contributed by atoms with van der Waals surface area (Å²) in [6.07, 6.45) is -5.68. The average Bonchev–Trinajstić information content (AvgIpc) is 2.79. The van der Waals surface area contributed by atoms with Crippen LogP contribution in [0.1, 0.15) is 59.3 Å². The first-order valence-electron chi connectivity index (χ1n) is 11.5. The van der Waals surface area contributed by atoms with Crippen molar-refractivity contribution in [3.63, 3.8) is 0 Å². The number of alkyl halides is 9. The number of hydrogen-bond acceptors (Lipinski definition) is 3. The normalized spacial score (nSPS) is 15.5. The Bertz CT molecular complexity index is 927. The first kappa shape index (κ1) is 33.0. The van der Waals surface area contributed by atoms with Gasteiger partial charge >= 0.3 is 206 Å². The van der Waals surface area contributed by atoms with Crippen molar-refractivity contribution < 1.29 is 51.9 Å². The van der Waals surface area contributed by atoms with Gasteiger partial charge in [-0.25, -0.2) is 0 Å². The summed E-state index contributed by atoms with van der Waals surface area (Å²) in [6.45, 7) is 0.459. The summed E-state index contributed by atoms with van der Waals surface area (Å²) < 4.78 is 154. The van der Waals surface area contributed by atoms with Crippen LogP contribution in [0.15, 0.2) is 30.3 Å². The van der Waals surface area contributed by atoms with Gasteiger partial charge in [0, 0.05) is 0 Å². The van der Waals surface area contributed by atoms with E-state index in [1.54, 1.807) is 20.8 Å². The standard InChI is InChI=1S/C22H32F9O3PS/c1-4-7-15-35(16-8-5-2,17-9-6-3,18-13-11-10-12-14-18)34-36(32,33)22(30,31)20(25,26)19(23,24)21(27,28)29/h10-14H,4-9,15-17H2,1-3H3. The summed E-state index contributed by atoms with van der Waals surface area (Å²) in [6, 6.07) is 7.25. The van der Waals surface area contributed by atoms with E-state index in [1.165, 1.54) is 30.3 Å². The molecule has 0 spiro atoms. The number of rotatable bonds is 15. The van der Waals surface area contributed by atoms with Gasteiger partial charge in [0.05, 0.1) is 0 Å². The Balaban J connectivity index is 3.96. The second kappa shape index (κ2) is 11.4. The molecule has 0 amide bonds. The zero-order chi connectivity index (χ0) is 28.1. The molecule has 0 unspecified atom stereocenters. The summed E-state index contributed by atoms with van der Waals surface area (Å²) in [5, 5.41) is -6.73. The van der Waals surface area contributed by atoms with Crippen LogP contribution in [0.2, 0.25) is 0 Å². The zero-order valence-corrected chi connectivity index (χ0v) is 21.9. The molecule has 3 nitrogen and oxygen atoms in total. The molecule has 0 atom stereocenters. The van der Waals surface area contributed by atoms with Crippen molar-refractivity contribution in [1.29, 1.82) is 0 Å². The SMILES string of the molecule is CCCCP(CCCC)(CCCC)(OS(=O)(=O)C(F)(F)C(F)(F)C(F)(F)C(F)(F)F)c1ccccc1. The first-order chi connectivity index (χ1) is 16.3. The second-order valence-electron chi connectivity index (χ2n) is 8.88. The molecule has 1 aromatic carbocycles. The Morgan fingerprint density at radius 3 is 1.42 bits per heavy atom. The van der Waals surface area contributed by atoms with E-state index < -0.39 is 40.2 Å². The molecular formula is C22H32F9O3PS. The van der Waals surface area contributed by atoms with Crippen LogP contribution in [0.25, 0.3) is 0 Å². The molecule has 1 aromatic rings. The number of unbranched alkanes of at least 4 members (excludes halogenated alkanes) is 3. The van der Waals surface area contributed by atoms with Crippen LogP contribution >= 0.6 is 6.83 Å². The zero-order valence-electron chi connectivity index (χ0n) is 20.2. The van der Waals surface area contributed by atoms with Crippen molar-refractivity contribution in [2.24, 2.45) is 0 Å². The van der Waals surface area contributed by atoms with Gasteiger partial charge < -0.3 is 0 Å². The molecule has 0 aliphatic rings. The topological polar surface area (TPSA) is 43.4 Å². The van der Waals surface area contributed by atoms with E-state index in [0.717, 1.165) is 0 Å². The maximum atomic E-state index is 14.8. The van der Waals surface area contributed by atoms with Gasteiger partial charge in [-0.2, -0.15) is 0 Å². The van der Waals surface area contributed by atoms with Gasteiger partial charge in [-0.3, -0.25) is 0 Å². The fourth-order valence-electron chi connectivity index (χ4n) is 4.08. The van der Waals surface area contributed by atoms with Gasteiger partial charge in [0.1, 0.15) is 0 Å². The Labute approximate surface area is 205 Å². The van der Waals surface area contributed by atoms with E-state index in [9.17, 15) is 47.9 Å². The van der Waals surface area contributed by atoms with Gasteiger partial charge in [-0.05, 0) is 0 Å². The van der Waals surface area contributed by atoms with E-state index in [4.69, 9.17) is 3.97 Å². The van der Waals surface area contributed by atoms with Crippen LogP contribution in [0, 0.1) is 0 Å². The molecule has 36 heavy (non-hydrogen) atoms. The fourth-order valence-corrected chi connectivity index (χ4v) is 13.7. The van der Waals surface area contributed by atoms with Gasteiger partial charge in [0.25, 0.3) is 0 Å². The third-order valence-corrected chi connectivity index (χ3v) is 15.1. The van der Waals surface area contributed by atoms with Gasteiger partial charge in [-0.15, -0.1) is 0 Å². The molecule has 0 fully saturated rings. The minimum absolute atomic E-state index is 0.150. The van der Waals surface area contributed by atoms with Crippen LogP contribution in [-0.2, 0) is 14.1 Å². The third kappa shape index (κ3) is 5.82.